The molecule has 162 valence electrons. The highest BCUT2D eigenvalue weighted by molar-refractivity contribution is 5.74. The van der Waals surface area contributed by atoms with E-state index in [1.54, 1.807) is 11.5 Å². The van der Waals surface area contributed by atoms with Crippen molar-refractivity contribution in [3.05, 3.63) is 20.8 Å². The lowest BCUT2D eigenvalue weighted by Crippen LogP contribution is -2.49. The highest BCUT2D eigenvalue weighted by Crippen LogP contribution is 2.22. The van der Waals surface area contributed by atoms with Gasteiger partial charge in [-0.2, -0.15) is 4.98 Å². The number of rotatable bonds is 3. The fourth-order valence-corrected chi connectivity index (χ4v) is 3.48. The maximum absolute atomic E-state index is 12.7. The number of carbonyl (C=O) groups excluding carboxylic acids is 1. The minimum absolute atomic E-state index is 0.124. The van der Waals surface area contributed by atoms with Crippen LogP contribution in [0.25, 0.3) is 11.2 Å². The van der Waals surface area contributed by atoms with Gasteiger partial charge in [-0.25, -0.2) is 9.59 Å². The van der Waals surface area contributed by atoms with Crippen LogP contribution in [0.3, 0.4) is 0 Å². The van der Waals surface area contributed by atoms with Crippen molar-refractivity contribution in [1.82, 2.24) is 24.4 Å². The third kappa shape index (κ3) is 4.50. The second-order valence-electron chi connectivity index (χ2n) is 8.35. The molecule has 0 unspecified atom stereocenters. The molecule has 1 amide bonds. The van der Waals surface area contributed by atoms with Crippen molar-refractivity contribution in [2.45, 2.75) is 58.7 Å². The van der Waals surface area contributed by atoms with E-state index >= 15 is 0 Å². The molecule has 10 nitrogen and oxygen atoms in total. The van der Waals surface area contributed by atoms with Gasteiger partial charge in [0.1, 0.15) is 5.60 Å². The Bertz CT molecular complexity index is 1120. The Morgan fingerprint density at radius 2 is 2.10 bits per heavy atom. The van der Waals surface area contributed by atoms with Gasteiger partial charge in [0.2, 0.25) is 5.95 Å². The van der Waals surface area contributed by atoms with Crippen molar-refractivity contribution in [1.29, 1.82) is 0 Å². The van der Waals surface area contributed by atoms with Gasteiger partial charge in [0, 0.05) is 26.2 Å². The third-order valence-corrected chi connectivity index (χ3v) is 4.82. The van der Waals surface area contributed by atoms with Crippen LogP contribution in [0.1, 0.15) is 40.5 Å². The summed E-state index contributed by atoms with van der Waals surface area (Å²) in [6.45, 7) is 8.66. The molecule has 1 aliphatic rings. The Morgan fingerprint density at radius 3 is 2.77 bits per heavy atom. The van der Waals surface area contributed by atoms with E-state index < -0.39 is 22.9 Å². The summed E-state index contributed by atoms with van der Waals surface area (Å²) in [5.74, 6) is 6.34. The van der Waals surface area contributed by atoms with Crippen LogP contribution in [0.15, 0.2) is 9.59 Å². The molecule has 3 heterocycles. The number of piperidine rings is 1. The molecule has 3 rings (SSSR count). The minimum atomic E-state index is -0.572. The number of hydrogen-bond donors (Lipinski definition) is 2. The number of H-pyrrole nitrogens is 1. The SMILES string of the molecule is CC#CCn1c(N2CCC[C@@H](NC(=O)OC(C)(C)C)C2)nc2[nH]c(=O)n(C)c(=O)c21. The lowest BCUT2D eigenvalue weighted by Gasteiger charge is -2.34. The first-order valence-electron chi connectivity index (χ1n) is 9.94. The Labute approximate surface area is 174 Å². The first kappa shape index (κ1) is 21.5. The van der Waals surface area contributed by atoms with Gasteiger partial charge < -0.3 is 15.0 Å². The molecule has 0 bridgehead atoms. The number of aromatic nitrogens is 4. The first-order valence-corrected chi connectivity index (χ1v) is 9.94. The molecule has 10 heteroatoms. The lowest BCUT2D eigenvalue weighted by atomic mass is 10.1. The first-order chi connectivity index (χ1) is 14.1. The molecular formula is C20H28N6O4. The van der Waals surface area contributed by atoms with E-state index in [1.165, 1.54) is 7.05 Å². The van der Waals surface area contributed by atoms with Crippen molar-refractivity contribution in [3.8, 4) is 11.8 Å². The molecule has 1 fully saturated rings. The number of amides is 1. The van der Waals surface area contributed by atoms with Crippen molar-refractivity contribution in [3.63, 3.8) is 0 Å². The Morgan fingerprint density at radius 1 is 1.37 bits per heavy atom. The van der Waals surface area contributed by atoms with Crippen molar-refractivity contribution in [2.75, 3.05) is 18.0 Å². The van der Waals surface area contributed by atoms with Crippen molar-refractivity contribution < 1.29 is 9.53 Å². The number of fused-ring (bicyclic) bond motifs is 1. The van der Waals surface area contributed by atoms with Gasteiger partial charge in [-0.3, -0.25) is 18.9 Å². The summed E-state index contributed by atoms with van der Waals surface area (Å²) in [6.07, 6.45) is 1.18. The van der Waals surface area contributed by atoms with E-state index in [9.17, 15) is 14.4 Å². The molecule has 2 aromatic rings. The second kappa shape index (κ2) is 8.26. The fraction of sp³-hybridized carbons (Fsp3) is 0.600. The smallest absolute Gasteiger partial charge is 0.407 e. The normalized spacial score (nSPS) is 16.8. The average Bonchev–Trinajstić information content (AvgIpc) is 3.01. The van der Waals surface area contributed by atoms with E-state index in [0.717, 1.165) is 17.4 Å². The maximum Gasteiger partial charge on any atom is 0.407 e. The highest BCUT2D eigenvalue weighted by atomic mass is 16.6. The van der Waals surface area contributed by atoms with Gasteiger partial charge in [0.25, 0.3) is 5.56 Å². The fourth-order valence-electron chi connectivity index (χ4n) is 3.48. The highest BCUT2D eigenvalue weighted by Gasteiger charge is 2.28. The molecule has 1 saturated heterocycles. The van der Waals surface area contributed by atoms with Gasteiger partial charge in [-0.1, -0.05) is 5.92 Å². The number of nitrogens with zero attached hydrogens (tertiary/aromatic N) is 4. The summed E-state index contributed by atoms with van der Waals surface area (Å²) in [6, 6.07) is -0.124. The van der Waals surface area contributed by atoms with Crippen LogP contribution in [-0.2, 0) is 18.3 Å². The van der Waals surface area contributed by atoms with Crippen LogP contribution in [0, 0.1) is 11.8 Å². The molecule has 0 spiro atoms. The number of anilines is 1. The van der Waals surface area contributed by atoms with Gasteiger partial charge >= 0.3 is 11.8 Å². The number of aromatic amines is 1. The molecule has 0 saturated carbocycles. The quantitative estimate of drug-likeness (QED) is 0.720. The minimum Gasteiger partial charge on any atom is -0.444 e. The van der Waals surface area contributed by atoms with E-state index in [2.05, 4.69) is 27.1 Å². The molecule has 30 heavy (non-hydrogen) atoms. The molecule has 1 atom stereocenters. The lowest BCUT2D eigenvalue weighted by molar-refractivity contribution is 0.0500. The Hall–Kier alpha value is -3.22. The summed E-state index contributed by atoms with van der Waals surface area (Å²) < 4.78 is 8.10. The Balaban J connectivity index is 1.94. The number of ether oxygens (including phenoxy) is 1. The van der Waals surface area contributed by atoms with E-state index in [4.69, 9.17) is 4.74 Å². The second-order valence-corrected chi connectivity index (χ2v) is 8.35. The van der Waals surface area contributed by atoms with Crippen LogP contribution in [-0.4, -0.2) is 49.9 Å². The summed E-state index contributed by atoms with van der Waals surface area (Å²) in [5.41, 5.74) is -0.980. The zero-order chi connectivity index (χ0) is 22.1. The van der Waals surface area contributed by atoms with Crippen LogP contribution in [0.5, 0.6) is 0 Å². The number of alkyl carbamates (subject to hydrolysis) is 1. The Kier molecular flexibility index (Phi) is 5.92. The summed E-state index contributed by atoms with van der Waals surface area (Å²) in [5, 5.41) is 2.91. The van der Waals surface area contributed by atoms with Crippen molar-refractivity contribution in [2.24, 2.45) is 7.05 Å². The topological polar surface area (TPSA) is 114 Å². The summed E-state index contributed by atoms with van der Waals surface area (Å²) in [4.78, 5) is 46.1. The zero-order valence-corrected chi connectivity index (χ0v) is 18.0. The molecule has 2 N–H and O–H groups in total. The molecule has 1 aliphatic heterocycles. The van der Waals surface area contributed by atoms with E-state index in [0.29, 0.717) is 24.6 Å². The molecule has 0 aromatic carbocycles. The third-order valence-electron chi connectivity index (χ3n) is 4.82. The predicted octanol–water partition coefficient (Wildman–Crippen LogP) is 0.940. The standard InChI is InChI=1S/C20H28N6O4/c1-6-7-11-26-14-15(23-18(28)24(5)16(14)27)22-17(26)25-10-8-9-13(12-25)21-19(29)30-20(2,3)4/h13H,8-12H2,1-5H3,(H,21,29)(H,23,28)/t13-/m1/s1. The van der Waals surface area contributed by atoms with E-state index in [-0.39, 0.29) is 18.2 Å². The van der Waals surface area contributed by atoms with Crippen LogP contribution >= 0.6 is 0 Å². The number of imidazole rings is 1. The predicted molar refractivity (Wildman–Crippen MR) is 114 cm³/mol. The number of carbonyl (C=O) groups is 1. The van der Waals surface area contributed by atoms with Gasteiger partial charge in [-0.15, -0.1) is 5.92 Å². The number of hydrogen-bond acceptors (Lipinski definition) is 6. The van der Waals surface area contributed by atoms with Crippen molar-refractivity contribution >= 4 is 23.2 Å². The van der Waals surface area contributed by atoms with Gasteiger partial charge in [0.05, 0.1) is 6.54 Å². The largest absolute Gasteiger partial charge is 0.444 e. The van der Waals surface area contributed by atoms with Crippen LogP contribution in [0.2, 0.25) is 0 Å². The molecular weight excluding hydrogens is 388 g/mol. The molecule has 0 radical (unpaired) electrons. The van der Waals surface area contributed by atoms with E-state index in [1.807, 2.05) is 25.7 Å². The zero-order valence-electron chi connectivity index (χ0n) is 18.0. The maximum atomic E-state index is 12.7. The number of nitrogens with one attached hydrogen (secondary N) is 2. The summed E-state index contributed by atoms with van der Waals surface area (Å²) in [7, 11) is 1.42. The average molecular weight is 416 g/mol. The van der Waals surface area contributed by atoms with Crippen LogP contribution < -0.4 is 21.5 Å². The van der Waals surface area contributed by atoms with Crippen LogP contribution in [0.4, 0.5) is 10.7 Å². The van der Waals surface area contributed by atoms with Gasteiger partial charge in [-0.05, 0) is 40.5 Å². The monoisotopic (exact) mass is 416 g/mol. The van der Waals surface area contributed by atoms with Gasteiger partial charge in [0.15, 0.2) is 11.2 Å². The molecule has 0 aliphatic carbocycles. The molecule has 2 aromatic heterocycles. The summed E-state index contributed by atoms with van der Waals surface area (Å²) >= 11 is 0.